The van der Waals surface area contributed by atoms with Crippen molar-refractivity contribution in [3.05, 3.63) is 58.7 Å². The van der Waals surface area contributed by atoms with Crippen molar-refractivity contribution in [3.8, 4) is 23.0 Å². The third-order valence-electron chi connectivity index (χ3n) is 5.63. The zero-order chi connectivity index (χ0) is 23.6. The van der Waals surface area contributed by atoms with Crippen molar-refractivity contribution in [1.82, 2.24) is 0 Å². The maximum atomic E-state index is 11.2. The molecule has 2 aromatic rings. The number of rotatable bonds is 6. The first-order valence-corrected chi connectivity index (χ1v) is 9.83. The molecule has 1 aliphatic rings. The lowest BCUT2D eigenvalue weighted by molar-refractivity contribution is -0.114. The SMILES string of the molecule is NC(=O)/C=C/c1cc(O)c(O)cc1[C@H]1CC[C@H](c2cc(O)c(O)cc2/C=C/C(N)=O)C1O. The Morgan fingerprint density at radius 1 is 0.719 bits per heavy atom. The van der Waals surface area contributed by atoms with Gasteiger partial charge in [0, 0.05) is 24.0 Å². The third-order valence-corrected chi connectivity index (χ3v) is 5.63. The van der Waals surface area contributed by atoms with Crippen LogP contribution in [0.4, 0.5) is 0 Å². The van der Waals surface area contributed by atoms with Gasteiger partial charge in [-0.1, -0.05) is 0 Å². The number of aliphatic hydroxyl groups excluding tert-OH is 1. The van der Waals surface area contributed by atoms with E-state index >= 15 is 0 Å². The van der Waals surface area contributed by atoms with Gasteiger partial charge >= 0.3 is 0 Å². The van der Waals surface area contributed by atoms with Gasteiger partial charge in [0.25, 0.3) is 0 Å². The molecule has 2 amide bonds. The molecule has 0 aliphatic heterocycles. The van der Waals surface area contributed by atoms with E-state index in [2.05, 4.69) is 0 Å². The molecule has 3 rings (SSSR count). The molecule has 9 nitrogen and oxygen atoms in total. The second kappa shape index (κ2) is 9.03. The summed E-state index contributed by atoms with van der Waals surface area (Å²) in [6.07, 6.45) is 4.98. The Labute approximate surface area is 183 Å². The minimum atomic E-state index is -0.982. The number of hydrogen-bond donors (Lipinski definition) is 7. The molecule has 2 atom stereocenters. The molecular weight excluding hydrogens is 416 g/mol. The zero-order valence-corrected chi connectivity index (χ0v) is 17.0. The third kappa shape index (κ3) is 4.68. The minimum Gasteiger partial charge on any atom is -0.504 e. The fraction of sp³-hybridized carbons (Fsp3) is 0.217. The largest absolute Gasteiger partial charge is 0.504 e. The summed E-state index contributed by atoms with van der Waals surface area (Å²) in [5, 5.41) is 50.9. The van der Waals surface area contributed by atoms with Crippen molar-refractivity contribution < 1.29 is 35.1 Å². The van der Waals surface area contributed by atoms with Crippen LogP contribution < -0.4 is 11.5 Å². The molecule has 0 saturated heterocycles. The zero-order valence-electron chi connectivity index (χ0n) is 17.0. The molecule has 2 aromatic carbocycles. The van der Waals surface area contributed by atoms with E-state index in [4.69, 9.17) is 11.5 Å². The molecule has 0 unspecified atom stereocenters. The summed E-state index contributed by atoms with van der Waals surface area (Å²) in [5.41, 5.74) is 12.1. The van der Waals surface area contributed by atoms with Crippen LogP contribution in [0.1, 0.15) is 46.9 Å². The molecular formula is C23H24N2O7. The van der Waals surface area contributed by atoms with Crippen molar-refractivity contribution in [1.29, 1.82) is 0 Å². The lowest BCUT2D eigenvalue weighted by Crippen LogP contribution is -2.20. The molecule has 32 heavy (non-hydrogen) atoms. The Balaban J connectivity index is 2.03. The second-order valence-corrected chi connectivity index (χ2v) is 7.69. The van der Waals surface area contributed by atoms with Crippen molar-refractivity contribution in [2.24, 2.45) is 11.5 Å². The summed E-state index contributed by atoms with van der Waals surface area (Å²) in [7, 11) is 0. The number of phenolic OH excluding ortho intramolecular Hbond substituents is 4. The number of carbonyl (C=O) groups excluding carboxylic acids is 2. The van der Waals surface area contributed by atoms with Gasteiger partial charge in [-0.25, -0.2) is 0 Å². The van der Waals surface area contributed by atoms with Gasteiger partial charge in [0.1, 0.15) is 0 Å². The smallest absolute Gasteiger partial charge is 0.241 e. The predicted octanol–water partition coefficient (Wildman–Crippen LogP) is 1.53. The van der Waals surface area contributed by atoms with Gasteiger partial charge in [-0.2, -0.15) is 0 Å². The summed E-state index contributed by atoms with van der Waals surface area (Å²) in [6.45, 7) is 0. The summed E-state index contributed by atoms with van der Waals surface area (Å²) in [6, 6.07) is 5.21. The van der Waals surface area contributed by atoms with E-state index in [-0.39, 0.29) is 23.0 Å². The highest BCUT2D eigenvalue weighted by molar-refractivity contribution is 5.91. The van der Waals surface area contributed by atoms with Gasteiger partial charge in [0.2, 0.25) is 11.8 Å². The van der Waals surface area contributed by atoms with Crippen LogP contribution in [-0.2, 0) is 9.59 Å². The van der Waals surface area contributed by atoms with Crippen LogP contribution in [-0.4, -0.2) is 43.5 Å². The number of amides is 2. The molecule has 1 fully saturated rings. The first kappa shape index (κ1) is 22.7. The maximum absolute atomic E-state index is 11.2. The second-order valence-electron chi connectivity index (χ2n) is 7.69. The molecule has 0 radical (unpaired) electrons. The quantitative estimate of drug-likeness (QED) is 0.262. The van der Waals surface area contributed by atoms with E-state index in [0.717, 1.165) is 12.2 Å². The van der Waals surface area contributed by atoms with Crippen LogP contribution in [0.15, 0.2) is 36.4 Å². The van der Waals surface area contributed by atoms with Gasteiger partial charge in [-0.3, -0.25) is 9.59 Å². The normalized spacial score (nSPS) is 19.2. The molecule has 0 aromatic heterocycles. The van der Waals surface area contributed by atoms with Gasteiger partial charge < -0.3 is 37.0 Å². The van der Waals surface area contributed by atoms with E-state index in [0.29, 0.717) is 35.1 Å². The van der Waals surface area contributed by atoms with E-state index in [1.54, 1.807) is 0 Å². The molecule has 0 spiro atoms. The predicted molar refractivity (Wildman–Crippen MR) is 117 cm³/mol. The van der Waals surface area contributed by atoms with E-state index in [9.17, 15) is 35.1 Å². The standard InChI is InChI=1S/C23H24N2O7/c24-21(30)5-1-11-7-17(26)19(28)9-15(11)13-3-4-14(23(13)32)16-10-20(29)18(27)8-12(16)2-6-22(25)31/h1-2,5-10,13-14,23,26-29,32H,3-4H2,(H2,24,30)(H2,25,31)/b5-1+,6-2+/t13-,14-/m1/s1. The number of aromatic hydroxyl groups is 4. The monoisotopic (exact) mass is 440 g/mol. The minimum absolute atomic E-state index is 0.376. The number of benzene rings is 2. The highest BCUT2D eigenvalue weighted by Crippen LogP contribution is 2.48. The lowest BCUT2D eigenvalue weighted by atomic mass is 9.85. The summed E-state index contributed by atoms with van der Waals surface area (Å²) in [4.78, 5) is 22.3. The van der Waals surface area contributed by atoms with E-state index in [1.807, 2.05) is 0 Å². The topological polar surface area (TPSA) is 187 Å². The number of hydrogen-bond acceptors (Lipinski definition) is 7. The molecule has 1 aliphatic carbocycles. The highest BCUT2D eigenvalue weighted by atomic mass is 16.3. The summed E-state index contributed by atoms with van der Waals surface area (Å²) >= 11 is 0. The average Bonchev–Trinajstić information content (AvgIpc) is 3.10. The van der Waals surface area contributed by atoms with Gasteiger partial charge in [0.05, 0.1) is 6.10 Å². The maximum Gasteiger partial charge on any atom is 0.241 e. The lowest BCUT2D eigenvalue weighted by Gasteiger charge is -2.23. The van der Waals surface area contributed by atoms with Crippen LogP contribution in [0.2, 0.25) is 0 Å². The van der Waals surface area contributed by atoms with E-state index in [1.165, 1.54) is 36.4 Å². The number of primary amides is 2. The molecule has 9 N–H and O–H groups in total. The van der Waals surface area contributed by atoms with Crippen molar-refractivity contribution >= 4 is 24.0 Å². The van der Waals surface area contributed by atoms with E-state index < -0.39 is 29.8 Å². The van der Waals surface area contributed by atoms with Crippen LogP contribution in [0, 0.1) is 0 Å². The van der Waals surface area contributed by atoms with Crippen molar-refractivity contribution in [2.45, 2.75) is 30.8 Å². The average molecular weight is 440 g/mol. The van der Waals surface area contributed by atoms with Crippen LogP contribution >= 0.6 is 0 Å². The first-order chi connectivity index (χ1) is 15.1. The number of carbonyl (C=O) groups is 2. The Morgan fingerprint density at radius 3 is 1.41 bits per heavy atom. The Morgan fingerprint density at radius 2 is 1.06 bits per heavy atom. The van der Waals surface area contributed by atoms with Gasteiger partial charge in [0.15, 0.2) is 23.0 Å². The Bertz CT molecular complexity index is 1040. The molecule has 9 heteroatoms. The molecule has 0 heterocycles. The first-order valence-electron chi connectivity index (χ1n) is 9.83. The molecule has 1 saturated carbocycles. The Kier molecular flexibility index (Phi) is 6.40. The molecule has 168 valence electrons. The Hall–Kier alpha value is -3.98. The number of nitrogens with two attached hydrogens (primary N) is 2. The highest BCUT2D eigenvalue weighted by Gasteiger charge is 2.38. The van der Waals surface area contributed by atoms with Crippen molar-refractivity contribution in [3.63, 3.8) is 0 Å². The van der Waals surface area contributed by atoms with Gasteiger partial charge in [-0.05, 0) is 71.5 Å². The van der Waals surface area contributed by atoms with Crippen LogP contribution in [0.5, 0.6) is 23.0 Å². The molecule has 0 bridgehead atoms. The number of aliphatic hydroxyl groups is 1. The summed E-state index contributed by atoms with van der Waals surface area (Å²) in [5.74, 6) is -3.88. The van der Waals surface area contributed by atoms with Crippen LogP contribution in [0.3, 0.4) is 0 Å². The van der Waals surface area contributed by atoms with Crippen molar-refractivity contribution in [2.75, 3.05) is 0 Å². The number of phenols is 4. The van der Waals surface area contributed by atoms with Gasteiger partial charge in [-0.15, -0.1) is 0 Å². The fourth-order valence-corrected chi connectivity index (χ4v) is 4.15. The summed E-state index contributed by atoms with van der Waals surface area (Å²) < 4.78 is 0. The van der Waals surface area contributed by atoms with Crippen LogP contribution in [0.25, 0.3) is 12.2 Å². The fourth-order valence-electron chi connectivity index (χ4n) is 4.15.